The van der Waals surface area contributed by atoms with Gasteiger partial charge in [0.2, 0.25) is 0 Å². The fourth-order valence-electron chi connectivity index (χ4n) is 2.85. The number of nitrogens with zero attached hydrogens (tertiary/aromatic N) is 5. The summed E-state index contributed by atoms with van der Waals surface area (Å²) >= 11 is 5.96. The van der Waals surface area contributed by atoms with Gasteiger partial charge in [-0.05, 0) is 50.0 Å². The van der Waals surface area contributed by atoms with Crippen LogP contribution in [0.15, 0.2) is 60.8 Å². The van der Waals surface area contributed by atoms with Gasteiger partial charge in [0.15, 0.2) is 5.69 Å². The van der Waals surface area contributed by atoms with Crippen molar-refractivity contribution < 1.29 is 9.72 Å². The highest BCUT2D eigenvalue weighted by Gasteiger charge is 2.19. The van der Waals surface area contributed by atoms with Crippen LogP contribution in [0.4, 0.5) is 5.69 Å². The second-order valence-corrected chi connectivity index (χ2v) is 7.51. The van der Waals surface area contributed by atoms with Gasteiger partial charge in [0, 0.05) is 43.0 Å². The highest BCUT2D eigenvalue weighted by Crippen LogP contribution is 2.17. The van der Waals surface area contributed by atoms with Gasteiger partial charge in [0.05, 0.1) is 10.6 Å². The van der Waals surface area contributed by atoms with Crippen molar-refractivity contribution in [2.75, 3.05) is 27.2 Å². The minimum Gasteiger partial charge on any atom is -0.332 e. The average Bonchev–Trinajstić information content (AvgIpc) is 3.22. The minimum absolute atomic E-state index is 0.0000288. The Balaban J connectivity index is 1.79. The molecule has 2 aromatic carbocycles. The lowest BCUT2D eigenvalue weighted by Crippen LogP contribution is -2.36. The van der Waals surface area contributed by atoms with E-state index in [1.165, 1.54) is 16.8 Å². The number of hydrogen-bond acceptors (Lipinski definition) is 5. The molecule has 0 aliphatic heterocycles. The van der Waals surface area contributed by atoms with Crippen LogP contribution in [0.5, 0.6) is 0 Å². The molecule has 0 radical (unpaired) electrons. The second kappa shape index (κ2) is 9.51. The molecule has 0 saturated carbocycles. The van der Waals surface area contributed by atoms with Gasteiger partial charge in [-0.15, -0.1) is 0 Å². The number of nitro groups is 1. The molecule has 0 bridgehead atoms. The van der Waals surface area contributed by atoms with E-state index in [9.17, 15) is 14.9 Å². The van der Waals surface area contributed by atoms with Crippen LogP contribution in [-0.2, 0) is 6.54 Å². The third-order valence-corrected chi connectivity index (χ3v) is 4.78. The Hall–Kier alpha value is -3.23. The fourth-order valence-corrected chi connectivity index (χ4v) is 2.98. The molecule has 3 aromatic rings. The van der Waals surface area contributed by atoms with E-state index in [0.29, 0.717) is 36.0 Å². The smallest absolute Gasteiger partial charge is 0.274 e. The third-order valence-electron chi connectivity index (χ3n) is 4.52. The van der Waals surface area contributed by atoms with E-state index in [0.717, 1.165) is 5.56 Å². The highest BCUT2D eigenvalue weighted by atomic mass is 35.5. The van der Waals surface area contributed by atoms with E-state index in [-0.39, 0.29) is 11.6 Å². The van der Waals surface area contributed by atoms with Gasteiger partial charge in [-0.2, -0.15) is 5.10 Å². The van der Waals surface area contributed by atoms with Crippen LogP contribution < -0.4 is 0 Å². The molecule has 9 heteroatoms. The normalized spacial score (nSPS) is 10.9. The summed E-state index contributed by atoms with van der Waals surface area (Å²) < 4.78 is 1.53. The number of non-ortho nitro benzene ring substituents is 1. The first-order valence-corrected chi connectivity index (χ1v) is 9.70. The molecule has 0 aliphatic carbocycles. The van der Waals surface area contributed by atoms with Crippen molar-refractivity contribution in [2.45, 2.75) is 6.54 Å². The molecule has 3 rings (SSSR count). The quantitative estimate of drug-likeness (QED) is 0.404. The van der Waals surface area contributed by atoms with Crippen molar-refractivity contribution in [1.82, 2.24) is 19.6 Å². The Morgan fingerprint density at radius 2 is 1.73 bits per heavy atom. The Bertz CT molecular complexity index is 1020. The molecule has 0 saturated heterocycles. The summed E-state index contributed by atoms with van der Waals surface area (Å²) in [6, 6.07) is 15.0. The van der Waals surface area contributed by atoms with E-state index in [2.05, 4.69) is 5.10 Å². The zero-order valence-corrected chi connectivity index (χ0v) is 17.5. The van der Waals surface area contributed by atoms with Gasteiger partial charge in [-0.1, -0.05) is 23.7 Å². The predicted octanol–water partition coefficient (Wildman–Crippen LogP) is 3.64. The largest absolute Gasteiger partial charge is 0.332 e. The van der Waals surface area contributed by atoms with Crippen LogP contribution in [0.1, 0.15) is 16.1 Å². The lowest BCUT2D eigenvalue weighted by atomic mass is 10.2. The summed E-state index contributed by atoms with van der Waals surface area (Å²) in [5.74, 6) is -0.188. The Labute approximate surface area is 179 Å². The summed E-state index contributed by atoms with van der Waals surface area (Å²) in [7, 11) is 3.91. The Morgan fingerprint density at radius 3 is 2.33 bits per heavy atom. The monoisotopic (exact) mass is 427 g/mol. The van der Waals surface area contributed by atoms with E-state index in [1.54, 1.807) is 41.4 Å². The topological polar surface area (TPSA) is 84.5 Å². The molecule has 1 aromatic heterocycles. The predicted molar refractivity (Wildman–Crippen MR) is 115 cm³/mol. The van der Waals surface area contributed by atoms with Crippen LogP contribution in [-0.4, -0.2) is 57.6 Å². The van der Waals surface area contributed by atoms with Crippen LogP contribution in [0.25, 0.3) is 5.69 Å². The highest BCUT2D eigenvalue weighted by molar-refractivity contribution is 6.30. The van der Waals surface area contributed by atoms with Gasteiger partial charge < -0.3 is 9.80 Å². The summed E-state index contributed by atoms with van der Waals surface area (Å²) in [5.41, 5.74) is 1.92. The maximum atomic E-state index is 13.1. The number of carbonyl (C=O) groups excluding carboxylic acids is 1. The summed E-state index contributed by atoms with van der Waals surface area (Å²) in [5, 5.41) is 15.8. The molecular formula is C21H22ClN5O3. The van der Waals surface area contributed by atoms with E-state index in [1.807, 2.05) is 31.1 Å². The van der Waals surface area contributed by atoms with Gasteiger partial charge in [-0.25, -0.2) is 4.68 Å². The molecule has 1 heterocycles. The van der Waals surface area contributed by atoms with Crippen molar-refractivity contribution in [2.24, 2.45) is 0 Å². The lowest BCUT2D eigenvalue weighted by molar-refractivity contribution is -0.384. The van der Waals surface area contributed by atoms with Crippen molar-refractivity contribution in [3.05, 3.63) is 87.2 Å². The number of rotatable bonds is 8. The molecule has 0 aliphatic rings. The van der Waals surface area contributed by atoms with Crippen molar-refractivity contribution in [1.29, 1.82) is 0 Å². The Morgan fingerprint density at radius 1 is 1.07 bits per heavy atom. The first-order valence-electron chi connectivity index (χ1n) is 9.32. The fraction of sp³-hybridized carbons (Fsp3) is 0.238. The SMILES string of the molecule is CN(C)CCN(Cc1ccc(Cl)cc1)C(=O)c1ccn(-c2ccc([N+](=O)[O-])cc2)n1. The molecule has 156 valence electrons. The molecular weight excluding hydrogens is 406 g/mol. The van der Waals surface area contributed by atoms with Crippen molar-refractivity contribution in [3.63, 3.8) is 0 Å². The van der Waals surface area contributed by atoms with Crippen LogP contribution in [0.2, 0.25) is 5.02 Å². The van der Waals surface area contributed by atoms with Crippen molar-refractivity contribution >= 4 is 23.2 Å². The first-order chi connectivity index (χ1) is 14.3. The van der Waals surface area contributed by atoms with Crippen LogP contribution in [0, 0.1) is 10.1 Å². The molecule has 0 N–H and O–H groups in total. The molecule has 0 atom stereocenters. The molecule has 8 nitrogen and oxygen atoms in total. The first kappa shape index (κ1) is 21.5. The zero-order valence-electron chi connectivity index (χ0n) is 16.7. The molecule has 0 spiro atoms. The van der Waals surface area contributed by atoms with Gasteiger partial charge >= 0.3 is 0 Å². The standard InChI is InChI=1S/C21H22ClN5O3/c1-24(2)13-14-25(15-16-3-5-17(22)6-4-16)21(28)20-11-12-26(23-20)18-7-9-19(10-8-18)27(29)30/h3-12H,13-15H2,1-2H3. The number of hydrogen-bond donors (Lipinski definition) is 0. The lowest BCUT2D eigenvalue weighted by Gasteiger charge is -2.24. The summed E-state index contributed by atoms with van der Waals surface area (Å²) in [4.78, 5) is 27.2. The maximum absolute atomic E-state index is 13.1. The summed E-state index contributed by atoms with van der Waals surface area (Å²) in [6.45, 7) is 1.69. The Kier molecular flexibility index (Phi) is 6.81. The number of benzene rings is 2. The zero-order chi connectivity index (χ0) is 21.7. The van der Waals surface area contributed by atoms with E-state index >= 15 is 0 Å². The number of halogens is 1. The average molecular weight is 428 g/mol. The molecule has 1 amide bonds. The van der Waals surface area contributed by atoms with E-state index < -0.39 is 4.92 Å². The van der Waals surface area contributed by atoms with Gasteiger partial charge in [-0.3, -0.25) is 14.9 Å². The molecule has 30 heavy (non-hydrogen) atoms. The van der Waals surface area contributed by atoms with Gasteiger partial charge in [0.1, 0.15) is 0 Å². The third kappa shape index (κ3) is 5.43. The maximum Gasteiger partial charge on any atom is 0.274 e. The van der Waals surface area contributed by atoms with E-state index in [4.69, 9.17) is 11.6 Å². The van der Waals surface area contributed by atoms with Gasteiger partial charge in [0.25, 0.3) is 11.6 Å². The molecule has 0 fully saturated rings. The molecule has 0 unspecified atom stereocenters. The number of carbonyl (C=O) groups is 1. The van der Waals surface area contributed by atoms with Crippen LogP contribution >= 0.6 is 11.6 Å². The minimum atomic E-state index is -0.457. The van der Waals surface area contributed by atoms with Crippen LogP contribution in [0.3, 0.4) is 0 Å². The number of amides is 1. The number of likely N-dealkylation sites (N-methyl/N-ethyl adjacent to an activating group) is 1. The number of nitro benzene ring substituents is 1. The second-order valence-electron chi connectivity index (χ2n) is 7.08. The number of aromatic nitrogens is 2. The van der Waals surface area contributed by atoms with Crippen molar-refractivity contribution in [3.8, 4) is 5.69 Å². The summed E-state index contributed by atoms with van der Waals surface area (Å²) in [6.07, 6.45) is 1.67.